The summed E-state index contributed by atoms with van der Waals surface area (Å²) < 4.78 is 0. The van der Waals surface area contributed by atoms with Crippen LogP contribution in [-0.4, -0.2) is 34.0 Å². The van der Waals surface area contributed by atoms with E-state index in [0.717, 1.165) is 11.8 Å². The monoisotopic (exact) mass is 216 g/mol. The average molecular weight is 216 g/mol. The predicted octanol–water partition coefficient (Wildman–Crippen LogP) is 1.96. The Hall–Kier alpha value is 0.170. The van der Waals surface area contributed by atoms with Gasteiger partial charge in [-0.1, -0.05) is 25.6 Å². The van der Waals surface area contributed by atoms with Crippen LogP contribution in [-0.2, 0) is 0 Å². The molecule has 0 saturated carbocycles. The fraction of sp³-hybridized carbons (Fsp3) is 0.889. The lowest BCUT2D eigenvalue weighted by atomic mass is 10.2. The Morgan fingerprint density at radius 1 is 1.46 bits per heavy atom. The van der Waals surface area contributed by atoms with Crippen LogP contribution in [0.1, 0.15) is 20.3 Å². The number of aliphatic imine (C=N–C) groups is 1. The highest BCUT2D eigenvalue weighted by Gasteiger charge is 2.26. The van der Waals surface area contributed by atoms with Gasteiger partial charge in [-0.15, -0.1) is 0 Å². The highest BCUT2D eigenvalue weighted by Crippen LogP contribution is 2.28. The van der Waals surface area contributed by atoms with Crippen molar-refractivity contribution in [2.45, 2.75) is 36.8 Å². The molecule has 1 N–H and O–H groups in total. The van der Waals surface area contributed by atoms with Crippen LogP contribution in [0.15, 0.2) is 4.99 Å². The van der Waals surface area contributed by atoms with E-state index in [0.29, 0.717) is 11.3 Å². The van der Waals surface area contributed by atoms with Crippen LogP contribution in [0.2, 0.25) is 0 Å². The van der Waals surface area contributed by atoms with E-state index in [1.165, 1.54) is 17.3 Å². The zero-order chi connectivity index (χ0) is 9.26. The van der Waals surface area contributed by atoms with Crippen LogP contribution in [0.4, 0.5) is 0 Å². The maximum absolute atomic E-state index is 4.47. The van der Waals surface area contributed by atoms with E-state index in [4.69, 9.17) is 0 Å². The van der Waals surface area contributed by atoms with E-state index in [-0.39, 0.29) is 0 Å². The Morgan fingerprint density at radius 3 is 2.85 bits per heavy atom. The molecule has 0 aromatic rings. The maximum atomic E-state index is 4.47. The summed E-state index contributed by atoms with van der Waals surface area (Å²) in [6.07, 6.45) is 1.29. The summed E-state index contributed by atoms with van der Waals surface area (Å²) in [6.45, 7) is 5.52. The van der Waals surface area contributed by atoms with Crippen molar-refractivity contribution < 1.29 is 0 Å². The second-order valence-electron chi connectivity index (χ2n) is 3.69. The zero-order valence-corrected chi connectivity index (χ0v) is 9.75. The van der Waals surface area contributed by atoms with Crippen molar-refractivity contribution >= 4 is 28.7 Å². The first kappa shape index (κ1) is 9.71. The van der Waals surface area contributed by atoms with Crippen LogP contribution in [0.25, 0.3) is 0 Å². The zero-order valence-electron chi connectivity index (χ0n) is 8.12. The number of hydrogen-bond donors (Lipinski definition) is 1. The molecular formula is C9H16N2S2. The molecule has 2 aliphatic rings. The quantitative estimate of drug-likeness (QED) is 0.725. The van der Waals surface area contributed by atoms with Crippen molar-refractivity contribution in [3.63, 3.8) is 0 Å². The minimum atomic E-state index is 0.654. The molecule has 2 heterocycles. The Labute approximate surface area is 88.3 Å². The van der Waals surface area contributed by atoms with Gasteiger partial charge in [0.25, 0.3) is 0 Å². The van der Waals surface area contributed by atoms with Gasteiger partial charge in [0.2, 0.25) is 0 Å². The molecule has 0 spiro atoms. The van der Waals surface area contributed by atoms with Crippen LogP contribution in [0, 0.1) is 0 Å². The number of nitrogens with one attached hydrogen (secondary N) is 1. The molecule has 1 saturated heterocycles. The Kier molecular flexibility index (Phi) is 3.09. The molecule has 0 aromatic heterocycles. The van der Waals surface area contributed by atoms with Crippen LogP contribution in [0.5, 0.6) is 0 Å². The Bertz CT molecular complexity index is 218. The Morgan fingerprint density at radius 2 is 2.31 bits per heavy atom. The largest absolute Gasteiger partial charge is 0.361 e. The number of amidine groups is 1. The van der Waals surface area contributed by atoms with E-state index >= 15 is 0 Å². The van der Waals surface area contributed by atoms with Crippen molar-refractivity contribution in [1.29, 1.82) is 0 Å². The van der Waals surface area contributed by atoms with Gasteiger partial charge < -0.3 is 5.32 Å². The molecular weight excluding hydrogens is 200 g/mol. The number of hydrogen-bond acceptors (Lipinski definition) is 4. The summed E-state index contributed by atoms with van der Waals surface area (Å²) in [4.78, 5) is 4.47. The van der Waals surface area contributed by atoms with Crippen LogP contribution < -0.4 is 5.32 Å². The highest BCUT2D eigenvalue weighted by atomic mass is 32.2. The number of rotatable bonds is 1. The fourth-order valence-corrected chi connectivity index (χ4v) is 3.73. The van der Waals surface area contributed by atoms with Gasteiger partial charge in [-0.3, -0.25) is 4.99 Å². The minimum absolute atomic E-state index is 0.654. The highest BCUT2D eigenvalue weighted by molar-refractivity contribution is 8.14. The van der Waals surface area contributed by atoms with Crippen molar-refractivity contribution in [3.05, 3.63) is 0 Å². The van der Waals surface area contributed by atoms with Gasteiger partial charge in [0.05, 0.1) is 6.54 Å². The van der Waals surface area contributed by atoms with E-state index < -0.39 is 0 Å². The molecule has 2 rings (SSSR count). The maximum Gasteiger partial charge on any atom is 0.157 e. The van der Waals surface area contributed by atoms with Gasteiger partial charge >= 0.3 is 0 Å². The third-order valence-electron chi connectivity index (χ3n) is 2.49. The molecule has 1 fully saturated rings. The third-order valence-corrected chi connectivity index (χ3v) is 4.84. The molecule has 0 aliphatic carbocycles. The topological polar surface area (TPSA) is 24.4 Å². The lowest BCUT2D eigenvalue weighted by Gasteiger charge is -2.17. The van der Waals surface area contributed by atoms with Gasteiger partial charge in [0.15, 0.2) is 5.17 Å². The third kappa shape index (κ3) is 2.34. The summed E-state index contributed by atoms with van der Waals surface area (Å²) in [5.74, 6) is 1.30. The Balaban J connectivity index is 1.84. The predicted molar refractivity (Wildman–Crippen MR) is 62.8 cm³/mol. The summed E-state index contributed by atoms with van der Waals surface area (Å²) in [5, 5.41) is 6.15. The molecule has 13 heavy (non-hydrogen) atoms. The molecule has 2 nitrogen and oxygen atoms in total. The molecule has 2 aliphatic heterocycles. The SMILES string of the molecule is CC1CN=C(NC2CCSC2C)S1. The van der Waals surface area contributed by atoms with E-state index in [2.05, 4.69) is 35.9 Å². The number of thioether (sulfide) groups is 2. The summed E-state index contributed by atoms with van der Waals surface area (Å²) >= 11 is 3.95. The standard InChI is InChI=1S/C9H16N2S2/c1-6-5-10-9(13-6)11-8-3-4-12-7(8)2/h6-8H,3-5H2,1-2H3,(H,10,11). The fourth-order valence-electron chi connectivity index (χ4n) is 1.64. The summed E-state index contributed by atoms with van der Waals surface area (Å²) in [6, 6.07) is 0.654. The molecule has 3 unspecified atom stereocenters. The van der Waals surface area contributed by atoms with Gasteiger partial charge in [-0.25, -0.2) is 0 Å². The van der Waals surface area contributed by atoms with E-state index in [9.17, 15) is 0 Å². The van der Waals surface area contributed by atoms with Gasteiger partial charge in [0.1, 0.15) is 0 Å². The molecule has 0 radical (unpaired) electrons. The first-order valence-corrected chi connectivity index (χ1v) is 6.78. The van der Waals surface area contributed by atoms with Crippen molar-refractivity contribution in [3.8, 4) is 0 Å². The molecule has 0 bridgehead atoms. The van der Waals surface area contributed by atoms with Gasteiger partial charge in [-0.05, 0) is 12.2 Å². The van der Waals surface area contributed by atoms with Crippen molar-refractivity contribution in [2.75, 3.05) is 12.3 Å². The first-order valence-electron chi connectivity index (χ1n) is 4.85. The first-order chi connectivity index (χ1) is 6.25. The smallest absolute Gasteiger partial charge is 0.157 e. The molecule has 0 amide bonds. The van der Waals surface area contributed by atoms with Crippen molar-refractivity contribution in [2.24, 2.45) is 4.99 Å². The molecule has 4 heteroatoms. The van der Waals surface area contributed by atoms with Crippen molar-refractivity contribution in [1.82, 2.24) is 5.32 Å². The second-order valence-corrected chi connectivity index (χ2v) is 6.60. The van der Waals surface area contributed by atoms with E-state index in [1.807, 2.05) is 11.8 Å². The average Bonchev–Trinajstić information content (AvgIpc) is 2.64. The van der Waals surface area contributed by atoms with Gasteiger partial charge in [0, 0.05) is 16.5 Å². The van der Waals surface area contributed by atoms with E-state index in [1.54, 1.807) is 0 Å². The van der Waals surface area contributed by atoms with Crippen LogP contribution >= 0.6 is 23.5 Å². The lowest BCUT2D eigenvalue weighted by molar-refractivity contribution is 0.615. The second kappa shape index (κ2) is 4.13. The normalized spacial score (nSPS) is 39.2. The molecule has 0 aromatic carbocycles. The van der Waals surface area contributed by atoms with Crippen LogP contribution in [0.3, 0.4) is 0 Å². The van der Waals surface area contributed by atoms with Gasteiger partial charge in [-0.2, -0.15) is 11.8 Å². The minimum Gasteiger partial charge on any atom is -0.361 e. The summed E-state index contributed by atoms with van der Waals surface area (Å²) in [7, 11) is 0. The molecule has 74 valence electrons. The number of nitrogens with zero attached hydrogens (tertiary/aromatic N) is 1. The molecule has 3 atom stereocenters. The summed E-state index contributed by atoms with van der Waals surface area (Å²) in [5.41, 5.74) is 0. The lowest BCUT2D eigenvalue weighted by Crippen LogP contribution is -2.36.